The Morgan fingerprint density at radius 2 is 2.08 bits per heavy atom. The minimum Gasteiger partial charge on any atom is -0.301 e. The first-order valence-corrected chi connectivity index (χ1v) is 9.37. The smallest absolute Gasteiger partial charge is 0.301 e. The Kier molecular flexibility index (Phi) is 3.99. The van der Waals surface area contributed by atoms with Crippen LogP contribution in [-0.2, 0) is 26.1 Å². The van der Waals surface area contributed by atoms with Crippen molar-refractivity contribution in [2.45, 2.75) is 42.5 Å². The van der Waals surface area contributed by atoms with Crippen molar-refractivity contribution < 1.29 is 13.2 Å². The number of alkyl halides is 3. The zero-order valence-corrected chi connectivity index (χ0v) is 15.1. The molecule has 0 spiro atoms. The predicted octanol–water partition coefficient (Wildman–Crippen LogP) is 4.11. The molecule has 3 aromatic heterocycles. The third kappa shape index (κ3) is 2.91. The largest absolute Gasteiger partial charge is 0.451 e. The Balaban J connectivity index is 1.77. The fraction of sp³-hybridized carbons (Fsp3) is 0.467. The first-order chi connectivity index (χ1) is 11.8. The van der Waals surface area contributed by atoms with Gasteiger partial charge in [-0.1, -0.05) is 6.92 Å². The molecule has 10 heteroatoms. The topological polar surface area (TPSA) is 56.5 Å². The number of hydrogen-bond acceptors (Lipinski definition) is 6. The van der Waals surface area contributed by atoms with Gasteiger partial charge in [-0.3, -0.25) is 0 Å². The van der Waals surface area contributed by atoms with Crippen LogP contribution in [0.1, 0.15) is 29.6 Å². The Morgan fingerprint density at radius 1 is 1.28 bits per heavy atom. The van der Waals surface area contributed by atoms with Gasteiger partial charge in [-0.15, -0.1) is 21.5 Å². The van der Waals surface area contributed by atoms with Crippen LogP contribution in [0.3, 0.4) is 0 Å². The highest BCUT2D eigenvalue weighted by molar-refractivity contribution is 7.99. The van der Waals surface area contributed by atoms with E-state index in [9.17, 15) is 13.2 Å². The summed E-state index contributed by atoms with van der Waals surface area (Å²) in [5.74, 6) is -0.376. The van der Waals surface area contributed by atoms with Gasteiger partial charge in [0.2, 0.25) is 5.82 Å². The molecule has 0 radical (unpaired) electrons. The lowest BCUT2D eigenvalue weighted by Crippen LogP contribution is -2.13. The third-order valence-electron chi connectivity index (χ3n) is 4.33. The highest BCUT2D eigenvalue weighted by Crippen LogP contribution is 2.42. The summed E-state index contributed by atoms with van der Waals surface area (Å²) < 4.78 is 39.7. The van der Waals surface area contributed by atoms with Crippen molar-refractivity contribution in [3.05, 3.63) is 22.6 Å². The van der Waals surface area contributed by atoms with Gasteiger partial charge in [0.25, 0.3) is 0 Å². The summed E-state index contributed by atoms with van der Waals surface area (Å²) >= 11 is 2.76. The van der Waals surface area contributed by atoms with Crippen LogP contribution >= 0.6 is 23.1 Å². The first-order valence-electron chi connectivity index (χ1n) is 7.74. The molecule has 0 saturated carbocycles. The average molecular weight is 385 g/mol. The SMILES string of the molecule is C[C@@H]1CCc2c(sc3ncnc(Sc4nnc(C(F)(F)F)n4C)c23)C1. The van der Waals surface area contributed by atoms with Gasteiger partial charge >= 0.3 is 6.18 Å². The molecule has 132 valence electrons. The molecule has 0 unspecified atom stereocenters. The van der Waals surface area contributed by atoms with Crippen LogP contribution in [-0.4, -0.2) is 24.7 Å². The molecule has 3 heterocycles. The van der Waals surface area contributed by atoms with Gasteiger partial charge in [0, 0.05) is 17.3 Å². The molecule has 1 atom stereocenters. The van der Waals surface area contributed by atoms with Gasteiger partial charge in [0.1, 0.15) is 16.2 Å². The van der Waals surface area contributed by atoms with Gasteiger partial charge in [-0.25, -0.2) is 9.97 Å². The van der Waals surface area contributed by atoms with Crippen LogP contribution in [0.15, 0.2) is 16.5 Å². The molecule has 0 N–H and O–H groups in total. The van der Waals surface area contributed by atoms with Crippen LogP contribution < -0.4 is 0 Å². The normalized spacial score (nSPS) is 17.9. The fourth-order valence-electron chi connectivity index (χ4n) is 3.06. The van der Waals surface area contributed by atoms with Gasteiger partial charge < -0.3 is 4.57 Å². The third-order valence-corrected chi connectivity index (χ3v) is 6.54. The number of fused-ring (bicyclic) bond motifs is 3. The molecule has 3 aromatic rings. The lowest BCUT2D eigenvalue weighted by molar-refractivity contribution is -0.147. The van der Waals surface area contributed by atoms with Crippen molar-refractivity contribution in [2.75, 3.05) is 0 Å². The van der Waals surface area contributed by atoms with E-state index in [1.54, 1.807) is 11.3 Å². The van der Waals surface area contributed by atoms with E-state index in [-0.39, 0.29) is 5.16 Å². The summed E-state index contributed by atoms with van der Waals surface area (Å²) in [6, 6.07) is 0. The molecule has 0 aromatic carbocycles. The molecule has 0 saturated heterocycles. The minimum absolute atomic E-state index is 0.163. The summed E-state index contributed by atoms with van der Waals surface area (Å²) in [5.41, 5.74) is 1.24. The van der Waals surface area contributed by atoms with E-state index < -0.39 is 12.0 Å². The second-order valence-corrected chi connectivity index (χ2v) is 8.22. The highest BCUT2D eigenvalue weighted by Gasteiger charge is 2.37. The molecule has 1 aliphatic carbocycles. The summed E-state index contributed by atoms with van der Waals surface area (Å²) in [6.07, 6.45) is -0.0109. The summed E-state index contributed by atoms with van der Waals surface area (Å²) in [7, 11) is 1.31. The van der Waals surface area contributed by atoms with E-state index >= 15 is 0 Å². The van der Waals surface area contributed by atoms with Gasteiger partial charge in [-0.05, 0) is 42.5 Å². The van der Waals surface area contributed by atoms with Crippen molar-refractivity contribution in [2.24, 2.45) is 13.0 Å². The predicted molar refractivity (Wildman–Crippen MR) is 88.7 cm³/mol. The summed E-state index contributed by atoms with van der Waals surface area (Å²) in [6.45, 7) is 2.23. The molecule has 4 rings (SSSR count). The van der Waals surface area contributed by atoms with E-state index in [2.05, 4.69) is 27.1 Å². The standard InChI is InChI=1S/C15H14F3N5S2/c1-7-3-4-8-9(5-7)24-11-10(8)12(20-6-19-11)25-14-22-21-13(23(14)2)15(16,17)18/h6-7H,3-5H2,1-2H3/t7-/m1/s1. The molecule has 0 fully saturated rings. The highest BCUT2D eigenvalue weighted by atomic mass is 32.2. The zero-order valence-electron chi connectivity index (χ0n) is 13.5. The molecule has 0 amide bonds. The molecule has 0 bridgehead atoms. The molecular weight excluding hydrogens is 371 g/mol. The van der Waals surface area contributed by atoms with Gasteiger partial charge in [0.05, 0.1) is 0 Å². The Labute approximate surface area is 149 Å². The first kappa shape index (κ1) is 16.8. The van der Waals surface area contributed by atoms with Crippen LogP contribution in [0.25, 0.3) is 10.2 Å². The van der Waals surface area contributed by atoms with E-state index in [1.807, 2.05) is 0 Å². The Morgan fingerprint density at radius 3 is 2.80 bits per heavy atom. The molecule has 1 aliphatic rings. The van der Waals surface area contributed by atoms with Gasteiger partial charge in [-0.2, -0.15) is 13.2 Å². The van der Waals surface area contributed by atoms with Crippen molar-refractivity contribution in [1.29, 1.82) is 0 Å². The van der Waals surface area contributed by atoms with Crippen molar-refractivity contribution in [3.8, 4) is 0 Å². The lowest BCUT2D eigenvalue weighted by Gasteiger charge is -2.18. The number of aryl methyl sites for hydroxylation is 1. The van der Waals surface area contributed by atoms with Crippen molar-refractivity contribution in [1.82, 2.24) is 24.7 Å². The zero-order chi connectivity index (χ0) is 17.8. The number of aromatic nitrogens is 5. The minimum atomic E-state index is -4.53. The number of hydrogen-bond donors (Lipinski definition) is 0. The number of nitrogens with zero attached hydrogens (tertiary/aromatic N) is 5. The number of thiophene rings is 1. The maximum atomic E-state index is 12.9. The maximum Gasteiger partial charge on any atom is 0.451 e. The number of halogens is 3. The lowest BCUT2D eigenvalue weighted by atomic mass is 9.89. The Hall–Kier alpha value is -1.68. The monoisotopic (exact) mass is 385 g/mol. The molecule has 0 aliphatic heterocycles. The van der Waals surface area contributed by atoms with E-state index in [1.165, 1.54) is 23.8 Å². The maximum absolute atomic E-state index is 12.9. The molecule has 5 nitrogen and oxygen atoms in total. The second kappa shape index (κ2) is 5.94. The van der Waals surface area contributed by atoms with Crippen LogP contribution in [0.4, 0.5) is 13.2 Å². The molecule has 25 heavy (non-hydrogen) atoms. The van der Waals surface area contributed by atoms with Crippen LogP contribution in [0.5, 0.6) is 0 Å². The summed E-state index contributed by atoms with van der Waals surface area (Å²) in [4.78, 5) is 10.9. The van der Waals surface area contributed by atoms with Crippen LogP contribution in [0.2, 0.25) is 0 Å². The van der Waals surface area contributed by atoms with Crippen molar-refractivity contribution in [3.63, 3.8) is 0 Å². The summed E-state index contributed by atoms with van der Waals surface area (Å²) in [5, 5.41) is 8.72. The molecular formula is C15H14F3N5S2. The Bertz CT molecular complexity index is 947. The van der Waals surface area contributed by atoms with Crippen LogP contribution in [0, 0.1) is 5.92 Å². The quantitative estimate of drug-likeness (QED) is 0.621. The van der Waals surface area contributed by atoms with Gasteiger partial charge in [0.15, 0.2) is 5.16 Å². The van der Waals surface area contributed by atoms with E-state index in [4.69, 9.17) is 0 Å². The fourth-order valence-corrected chi connectivity index (χ4v) is 5.38. The average Bonchev–Trinajstić information content (AvgIpc) is 3.07. The van der Waals surface area contributed by atoms with E-state index in [0.29, 0.717) is 10.9 Å². The van der Waals surface area contributed by atoms with E-state index in [0.717, 1.165) is 45.8 Å². The second-order valence-electron chi connectivity index (χ2n) is 6.18. The number of rotatable bonds is 2. The van der Waals surface area contributed by atoms with Crippen molar-refractivity contribution >= 4 is 33.3 Å².